The molecule has 0 aliphatic carbocycles. The lowest BCUT2D eigenvalue weighted by molar-refractivity contribution is -0.136. The summed E-state index contributed by atoms with van der Waals surface area (Å²) in [6, 6.07) is 19.3. The maximum absolute atomic E-state index is 13.3. The molecule has 6 heteroatoms. The van der Waals surface area contributed by atoms with Gasteiger partial charge < -0.3 is 4.74 Å². The smallest absolute Gasteiger partial charge is 0.407 e. The van der Waals surface area contributed by atoms with Gasteiger partial charge in [-0.3, -0.25) is 0 Å². The van der Waals surface area contributed by atoms with Crippen LogP contribution in [-0.4, -0.2) is 0 Å². The van der Waals surface area contributed by atoms with Crippen LogP contribution < -0.4 is 4.74 Å². The fraction of sp³-hybridized carbons (Fsp3) is 0.0400. The molecule has 3 aromatic carbocycles. The molecular formula is C25H15F3N2O. The number of hydrogen-bond acceptors (Lipinski definition) is 2. The second-order valence-corrected chi connectivity index (χ2v) is 6.50. The van der Waals surface area contributed by atoms with Crippen molar-refractivity contribution in [2.75, 3.05) is 0 Å². The van der Waals surface area contributed by atoms with E-state index in [2.05, 4.69) is 11.4 Å². The third-order valence-corrected chi connectivity index (χ3v) is 4.45. The van der Waals surface area contributed by atoms with Crippen LogP contribution in [0.2, 0.25) is 0 Å². The summed E-state index contributed by atoms with van der Waals surface area (Å²) < 4.78 is 45.3. The van der Waals surface area contributed by atoms with Gasteiger partial charge in [0.05, 0.1) is 30.0 Å². The van der Waals surface area contributed by atoms with E-state index in [0.717, 1.165) is 17.7 Å². The highest BCUT2D eigenvalue weighted by atomic mass is 19.4. The van der Waals surface area contributed by atoms with Crippen LogP contribution in [0.15, 0.2) is 79.6 Å². The van der Waals surface area contributed by atoms with Crippen LogP contribution in [0.5, 0.6) is 5.75 Å². The van der Waals surface area contributed by atoms with Gasteiger partial charge in [-0.1, -0.05) is 43.0 Å². The molecule has 0 aliphatic rings. The van der Waals surface area contributed by atoms with Crippen molar-refractivity contribution < 1.29 is 17.9 Å². The number of rotatable bonds is 5. The third kappa shape index (κ3) is 5.20. The van der Waals surface area contributed by atoms with Gasteiger partial charge in [0.1, 0.15) is 5.75 Å². The van der Waals surface area contributed by atoms with E-state index in [-0.39, 0.29) is 5.56 Å². The van der Waals surface area contributed by atoms with Crippen molar-refractivity contribution in [2.45, 2.75) is 6.18 Å². The van der Waals surface area contributed by atoms with E-state index in [1.807, 2.05) is 12.1 Å². The molecule has 0 N–H and O–H groups in total. The van der Waals surface area contributed by atoms with Gasteiger partial charge >= 0.3 is 6.18 Å². The van der Waals surface area contributed by atoms with Crippen molar-refractivity contribution in [2.24, 2.45) is 0 Å². The summed E-state index contributed by atoms with van der Waals surface area (Å²) in [5.74, 6) is 0.565. The first-order valence-electron chi connectivity index (χ1n) is 9.03. The van der Waals surface area contributed by atoms with Gasteiger partial charge in [0, 0.05) is 0 Å². The van der Waals surface area contributed by atoms with Crippen molar-refractivity contribution in [3.8, 4) is 11.8 Å². The minimum Gasteiger partial charge on any atom is -0.465 e. The molecule has 0 aliphatic heterocycles. The predicted octanol–water partition coefficient (Wildman–Crippen LogP) is 7.24. The van der Waals surface area contributed by atoms with Crippen molar-refractivity contribution in [3.05, 3.63) is 119 Å². The fourth-order valence-electron chi connectivity index (χ4n) is 2.84. The van der Waals surface area contributed by atoms with Crippen LogP contribution in [0.25, 0.3) is 16.5 Å². The van der Waals surface area contributed by atoms with Crippen molar-refractivity contribution in [1.82, 2.24) is 0 Å². The molecule has 0 heterocycles. The third-order valence-electron chi connectivity index (χ3n) is 4.45. The van der Waals surface area contributed by atoms with Crippen LogP contribution in [0, 0.1) is 17.9 Å². The highest BCUT2D eigenvalue weighted by molar-refractivity contribution is 5.80. The minimum atomic E-state index is -4.62. The number of nitriles is 1. The topological polar surface area (TPSA) is 37.4 Å². The second-order valence-electron chi connectivity index (χ2n) is 6.50. The largest absolute Gasteiger partial charge is 0.465 e. The molecule has 31 heavy (non-hydrogen) atoms. The molecule has 0 saturated carbocycles. The Balaban J connectivity index is 1.80. The van der Waals surface area contributed by atoms with Crippen LogP contribution in [0.4, 0.5) is 18.9 Å². The zero-order valence-electron chi connectivity index (χ0n) is 16.1. The quantitative estimate of drug-likeness (QED) is 0.325. The maximum atomic E-state index is 13.3. The Morgan fingerprint density at radius 3 is 2.39 bits per heavy atom. The van der Waals surface area contributed by atoms with E-state index in [4.69, 9.17) is 16.6 Å². The first-order chi connectivity index (χ1) is 14.8. The summed E-state index contributed by atoms with van der Waals surface area (Å²) in [6.45, 7) is 10.9. The van der Waals surface area contributed by atoms with Crippen LogP contribution in [0.1, 0.15) is 27.8 Å². The molecule has 3 rings (SSSR count). The van der Waals surface area contributed by atoms with E-state index in [0.29, 0.717) is 22.4 Å². The van der Waals surface area contributed by atoms with Crippen LogP contribution in [-0.2, 0) is 6.18 Å². The summed E-state index contributed by atoms with van der Waals surface area (Å²) in [6.07, 6.45) is -1.43. The predicted molar refractivity (Wildman–Crippen MR) is 113 cm³/mol. The number of nitrogens with zero attached hydrogens (tertiary/aromatic N) is 2. The van der Waals surface area contributed by atoms with E-state index in [1.54, 1.807) is 48.5 Å². The summed E-state index contributed by atoms with van der Waals surface area (Å²) in [5, 5.41) is 8.81. The van der Waals surface area contributed by atoms with Gasteiger partial charge in [0.25, 0.3) is 0 Å². The molecule has 0 atom stereocenters. The second kappa shape index (κ2) is 9.02. The zero-order valence-corrected chi connectivity index (χ0v) is 16.1. The van der Waals surface area contributed by atoms with Gasteiger partial charge in [0.2, 0.25) is 0 Å². The zero-order chi connectivity index (χ0) is 22.4. The van der Waals surface area contributed by atoms with E-state index < -0.39 is 17.4 Å². The Bertz CT molecular complexity index is 1230. The lowest BCUT2D eigenvalue weighted by Crippen LogP contribution is -2.05. The monoisotopic (exact) mass is 416 g/mol. The average molecular weight is 416 g/mol. The molecule has 152 valence electrons. The summed E-state index contributed by atoms with van der Waals surface area (Å²) >= 11 is 0. The SMILES string of the molecule is [C-]#[N+]c1ccc(C(=C)c2cccc(C=COc3ccc(C#N)cc3)c2)cc1C(F)(F)F. The van der Waals surface area contributed by atoms with Crippen LogP contribution >= 0.6 is 0 Å². The van der Waals surface area contributed by atoms with E-state index in [9.17, 15) is 13.2 Å². The molecule has 0 radical (unpaired) electrons. The van der Waals surface area contributed by atoms with Gasteiger partial charge in [0.15, 0.2) is 5.69 Å². The molecule has 0 bridgehead atoms. The molecular weight excluding hydrogens is 401 g/mol. The molecule has 0 amide bonds. The Kier molecular flexibility index (Phi) is 6.23. The van der Waals surface area contributed by atoms with Crippen molar-refractivity contribution in [3.63, 3.8) is 0 Å². The molecule has 0 aromatic heterocycles. The number of hydrogen-bond donors (Lipinski definition) is 0. The lowest BCUT2D eigenvalue weighted by Gasteiger charge is -2.13. The first kappa shape index (κ1) is 21.4. The standard InChI is InChI=1S/C25H15F3N2O/c1-17(21-8-11-24(30-2)23(15-21)25(26,27)28)20-5-3-4-18(14-20)12-13-31-22-9-6-19(16-29)7-10-22/h3-15H,1H2. The van der Waals surface area contributed by atoms with Gasteiger partial charge in [-0.2, -0.15) is 18.4 Å². The summed E-state index contributed by atoms with van der Waals surface area (Å²) in [4.78, 5) is 2.95. The minimum absolute atomic E-state index is 0.287. The maximum Gasteiger partial charge on any atom is 0.407 e. The van der Waals surface area contributed by atoms with Gasteiger partial charge in [-0.05, 0) is 58.7 Å². The van der Waals surface area contributed by atoms with Crippen molar-refractivity contribution >= 4 is 17.3 Å². The molecule has 3 nitrogen and oxygen atoms in total. The van der Waals surface area contributed by atoms with Gasteiger partial charge in [-0.25, -0.2) is 4.85 Å². The lowest BCUT2D eigenvalue weighted by atomic mass is 9.96. The summed E-state index contributed by atoms with van der Waals surface area (Å²) in [5.41, 5.74) is 1.21. The average Bonchev–Trinajstić information content (AvgIpc) is 2.78. The number of alkyl halides is 3. The molecule has 0 fully saturated rings. The molecule has 0 unspecified atom stereocenters. The van der Waals surface area contributed by atoms with Crippen LogP contribution in [0.3, 0.4) is 0 Å². The molecule has 0 spiro atoms. The molecule has 3 aromatic rings. The normalized spacial score (nSPS) is 11.0. The fourth-order valence-corrected chi connectivity index (χ4v) is 2.84. The first-order valence-corrected chi connectivity index (χ1v) is 9.03. The highest BCUT2D eigenvalue weighted by Gasteiger charge is 2.33. The Hall–Kier alpha value is -4.29. The van der Waals surface area contributed by atoms with E-state index >= 15 is 0 Å². The van der Waals surface area contributed by atoms with Gasteiger partial charge in [-0.15, -0.1) is 0 Å². The number of ether oxygens (including phenoxy) is 1. The Labute approximate surface area is 177 Å². The highest BCUT2D eigenvalue weighted by Crippen LogP contribution is 2.38. The Morgan fingerprint density at radius 1 is 1.03 bits per heavy atom. The Morgan fingerprint density at radius 2 is 1.74 bits per heavy atom. The molecule has 0 saturated heterocycles. The number of benzene rings is 3. The summed E-state index contributed by atoms with van der Waals surface area (Å²) in [7, 11) is 0. The number of halogens is 3. The van der Waals surface area contributed by atoms with E-state index in [1.165, 1.54) is 12.3 Å². The van der Waals surface area contributed by atoms with Crippen molar-refractivity contribution in [1.29, 1.82) is 5.26 Å².